The summed E-state index contributed by atoms with van der Waals surface area (Å²) in [6, 6.07) is 0. The third-order valence-corrected chi connectivity index (χ3v) is 2.41. The molecule has 1 aliphatic rings. The zero-order chi connectivity index (χ0) is 10.2. The van der Waals surface area contributed by atoms with E-state index in [1.54, 1.807) is 6.92 Å². The van der Waals surface area contributed by atoms with Gasteiger partial charge in [-0.25, -0.2) is 8.78 Å². The fourth-order valence-electron chi connectivity index (χ4n) is 1.79. The lowest BCUT2D eigenvalue weighted by Gasteiger charge is -2.33. The first-order chi connectivity index (χ1) is 5.82. The Morgan fingerprint density at radius 1 is 1.00 bits per heavy atom. The molecule has 0 aromatic carbocycles. The highest BCUT2D eigenvalue weighted by Crippen LogP contribution is 2.42. The Morgan fingerprint density at radius 2 is 1.38 bits per heavy atom. The molecule has 0 aromatic rings. The van der Waals surface area contributed by atoms with Crippen molar-refractivity contribution in [1.29, 1.82) is 0 Å². The van der Waals surface area contributed by atoms with Gasteiger partial charge in [0.2, 0.25) is 0 Å². The molecule has 0 heterocycles. The standard InChI is InChI=1S/C8H11F5/c1-4-2-5(9)7(6(10)3-4)8(11,12)13/h4-7H,2-3H2,1H3. The quantitative estimate of drug-likeness (QED) is 0.529. The maximum atomic E-state index is 12.9. The van der Waals surface area contributed by atoms with Gasteiger partial charge in [-0.2, -0.15) is 13.2 Å². The summed E-state index contributed by atoms with van der Waals surface area (Å²) in [5, 5.41) is 0. The van der Waals surface area contributed by atoms with Crippen molar-refractivity contribution < 1.29 is 22.0 Å². The van der Waals surface area contributed by atoms with E-state index in [1.807, 2.05) is 0 Å². The number of halogens is 5. The van der Waals surface area contributed by atoms with Crippen LogP contribution in [-0.2, 0) is 0 Å². The maximum Gasteiger partial charge on any atom is 0.397 e. The molecule has 2 unspecified atom stereocenters. The second-order valence-corrected chi connectivity index (χ2v) is 3.68. The average Bonchev–Trinajstić information content (AvgIpc) is 1.78. The maximum absolute atomic E-state index is 12.9. The third kappa shape index (κ3) is 2.31. The van der Waals surface area contributed by atoms with Gasteiger partial charge in [-0.1, -0.05) is 6.92 Å². The third-order valence-electron chi connectivity index (χ3n) is 2.41. The Bertz CT molecular complexity index is 164. The molecule has 0 aromatic heterocycles. The average molecular weight is 202 g/mol. The highest BCUT2D eigenvalue weighted by molar-refractivity contribution is 4.89. The van der Waals surface area contributed by atoms with Gasteiger partial charge in [0.25, 0.3) is 0 Å². The Labute approximate surface area is 73.1 Å². The first kappa shape index (κ1) is 10.7. The van der Waals surface area contributed by atoms with E-state index < -0.39 is 24.4 Å². The van der Waals surface area contributed by atoms with Crippen molar-refractivity contribution in [3.05, 3.63) is 0 Å². The Hall–Kier alpha value is -0.350. The second kappa shape index (κ2) is 3.42. The molecule has 1 saturated carbocycles. The Balaban J connectivity index is 2.73. The summed E-state index contributed by atoms with van der Waals surface area (Å²) in [5.41, 5.74) is 0. The number of hydrogen-bond donors (Lipinski definition) is 0. The first-order valence-corrected chi connectivity index (χ1v) is 4.17. The molecule has 1 rings (SSSR count). The van der Waals surface area contributed by atoms with Crippen LogP contribution in [-0.4, -0.2) is 18.5 Å². The van der Waals surface area contributed by atoms with Crippen molar-refractivity contribution in [2.75, 3.05) is 0 Å². The number of rotatable bonds is 0. The summed E-state index contributed by atoms with van der Waals surface area (Å²) < 4.78 is 62.0. The zero-order valence-electron chi connectivity index (χ0n) is 7.11. The van der Waals surface area contributed by atoms with Crippen molar-refractivity contribution in [3.63, 3.8) is 0 Å². The largest absolute Gasteiger partial charge is 0.397 e. The van der Waals surface area contributed by atoms with E-state index in [0.717, 1.165) is 0 Å². The minimum atomic E-state index is -4.75. The Kier molecular flexibility index (Phi) is 2.82. The van der Waals surface area contributed by atoms with Crippen LogP contribution in [0.25, 0.3) is 0 Å². The first-order valence-electron chi connectivity index (χ1n) is 4.17. The molecule has 0 bridgehead atoms. The summed E-state index contributed by atoms with van der Waals surface area (Å²) in [7, 11) is 0. The van der Waals surface area contributed by atoms with Gasteiger partial charge in [0.1, 0.15) is 18.3 Å². The molecule has 78 valence electrons. The predicted molar refractivity (Wildman–Crippen MR) is 37.7 cm³/mol. The van der Waals surface area contributed by atoms with E-state index in [2.05, 4.69) is 0 Å². The normalized spacial score (nSPS) is 42.0. The molecule has 13 heavy (non-hydrogen) atoms. The fraction of sp³-hybridized carbons (Fsp3) is 1.00. The molecule has 0 saturated heterocycles. The van der Waals surface area contributed by atoms with Crippen LogP contribution in [0, 0.1) is 11.8 Å². The monoisotopic (exact) mass is 202 g/mol. The fourth-order valence-corrected chi connectivity index (χ4v) is 1.79. The number of hydrogen-bond acceptors (Lipinski definition) is 0. The topological polar surface area (TPSA) is 0 Å². The molecular weight excluding hydrogens is 191 g/mol. The molecule has 2 atom stereocenters. The summed E-state index contributed by atoms with van der Waals surface area (Å²) in [6.45, 7) is 1.56. The van der Waals surface area contributed by atoms with Crippen LogP contribution >= 0.6 is 0 Å². The second-order valence-electron chi connectivity index (χ2n) is 3.68. The summed E-state index contributed by atoms with van der Waals surface area (Å²) >= 11 is 0. The van der Waals surface area contributed by atoms with Crippen LogP contribution < -0.4 is 0 Å². The molecular formula is C8H11F5. The minimum Gasteiger partial charge on any atom is -0.247 e. The van der Waals surface area contributed by atoms with Crippen LogP contribution in [0.4, 0.5) is 22.0 Å². The number of alkyl halides is 5. The zero-order valence-corrected chi connectivity index (χ0v) is 7.11. The van der Waals surface area contributed by atoms with E-state index in [9.17, 15) is 22.0 Å². The molecule has 0 aliphatic heterocycles. The predicted octanol–water partition coefficient (Wildman–Crippen LogP) is 3.27. The summed E-state index contributed by atoms with van der Waals surface area (Å²) in [6.07, 6.45) is -9.30. The van der Waals surface area contributed by atoms with Gasteiger partial charge in [-0.3, -0.25) is 0 Å². The summed E-state index contributed by atoms with van der Waals surface area (Å²) in [4.78, 5) is 0. The highest BCUT2D eigenvalue weighted by atomic mass is 19.4. The molecule has 0 N–H and O–H groups in total. The van der Waals surface area contributed by atoms with Gasteiger partial charge in [0.15, 0.2) is 0 Å². The van der Waals surface area contributed by atoms with Crippen LogP contribution in [0.1, 0.15) is 19.8 Å². The van der Waals surface area contributed by atoms with Crippen LogP contribution in [0.3, 0.4) is 0 Å². The van der Waals surface area contributed by atoms with Crippen LogP contribution in [0.15, 0.2) is 0 Å². The molecule has 0 spiro atoms. The lowest BCUT2D eigenvalue weighted by molar-refractivity contribution is -0.218. The van der Waals surface area contributed by atoms with Gasteiger partial charge >= 0.3 is 6.18 Å². The SMILES string of the molecule is CC1CC(F)C(C(F)(F)F)C(F)C1. The van der Waals surface area contributed by atoms with Crippen LogP contribution in [0.2, 0.25) is 0 Å². The van der Waals surface area contributed by atoms with E-state index in [4.69, 9.17) is 0 Å². The molecule has 1 aliphatic carbocycles. The van der Waals surface area contributed by atoms with Crippen molar-refractivity contribution in [1.82, 2.24) is 0 Å². The molecule has 1 fully saturated rings. The van der Waals surface area contributed by atoms with Crippen molar-refractivity contribution >= 4 is 0 Å². The van der Waals surface area contributed by atoms with Gasteiger partial charge in [-0.15, -0.1) is 0 Å². The smallest absolute Gasteiger partial charge is 0.247 e. The van der Waals surface area contributed by atoms with E-state index in [1.165, 1.54) is 0 Å². The highest BCUT2D eigenvalue weighted by Gasteiger charge is 2.52. The van der Waals surface area contributed by atoms with Crippen molar-refractivity contribution in [2.45, 2.75) is 38.3 Å². The van der Waals surface area contributed by atoms with E-state index in [0.29, 0.717) is 0 Å². The lowest BCUT2D eigenvalue weighted by Crippen LogP contribution is -2.43. The van der Waals surface area contributed by atoms with Crippen LogP contribution in [0.5, 0.6) is 0 Å². The molecule has 0 radical (unpaired) electrons. The van der Waals surface area contributed by atoms with Crippen molar-refractivity contribution in [2.24, 2.45) is 11.8 Å². The van der Waals surface area contributed by atoms with E-state index in [-0.39, 0.29) is 18.8 Å². The van der Waals surface area contributed by atoms with Gasteiger partial charge in [0.05, 0.1) is 0 Å². The van der Waals surface area contributed by atoms with E-state index >= 15 is 0 Å². The molecule has 0 nitrogen and oxygen atoms in total. The summed E-state index contributed by atoms with van der Waals surface area (Å²) in [5.74, 6) is -2.72. The lowest BCUT2D eigenvalue weighted by atomic mass is 9.80. The van der Waals surface area contributed by atoms with Gasteiger partial charge in [-0.05, 0) is 18.8 Å². The molecule has 0 amide bonds. The van der Waals surface area contributed by atoms with Crippen molar-refractivity contribution in [3.8, 4) is 0 Å². The van der Waals surface area contributed by atoms with Gasteiger partial charge in [0, 0.05) is 0 Å². The Morgan fingerprint density at radius 3 is 1.69 bits per heavy atom. The van der Waals surface area contributed by atoms with Gasteiger partial charge < -0.3 is 0 Å². The minimum absolute atomic E-state index is 0.190. The molecule has 5 heteroatoms.